The number of aryl methyl sites for hydroxylation is 2. The first-order valence-corrected chi connectivity index (χ1v) is 6.59. The molecule has 0 aliphatic carbocycles. The molecule has 2 aromatic rings. The van der Waals surface area contributed by atoms with Crippen LogP contribution in [0.3, 0.4) is 0 Å². The molecule has 1 N–H and O–H groups in total. The summed E-state index contributed by atoms with van der Waals surface area (Å²) in [7, 11) is 0. The highest BCUT2D eigenvalue weighted by molar-refractivity contribution is 7.98. The van der Waals surface area contributed by atoms with Gasteiger partial charge in [0.05, 0.1) is 5.75 Å². The Hall–Kier alpha value is -1.89. The molecule has 2 rings (SSSR count). The van der Waals surface area contributed by atoms with Gasteiger partial charge in [-0.25, -0.2) is 14.8 Å². The fourth-order valence-electron chi connectivity index (χ4n) is 1.42. The molecule has 19 heavy (non-hydrogen) atoms. The Balaban J connectivity index is 2.08. The molecule has 100 valence electrons. The minimum atomic E-state index is -1.10. The third-order valence-electron chi connectivity index (χ3n) is 2.73. The van der Waals surface area contributed by atoms with Crippen molar-refractivity contribution in [3.8, 4) is 0 Å². The summed E-state index contributed by atoms with van der Waals surface area (Å²) in [6, 6.07) is 1.41. The lowest BCUT2D eigenvalue weighted by molar-refractivity contribution is 0.0685. The average Bonchev–Trinajstić information content (AvgIpc) is 2.82. The number of carboxylic acid groups (broad SMARTS) is 1. The molecule has 0 aliphatic rings. The molecule has 7 heteroatoms. The number of carboxylic acids is 1. The average molecular weight is 279 g/mol. The van der Waals surface area contributed by atoms with Crippen molar-refractivity contribution in [2.24, 2.45) is 0 Å². The molecular formula is C12H13N3O3S. The fourth-order valence-corrected chi connectivity index (χ4v) is 2.23. The Morgan fingerprint density at radius 1 is 1.32 bits per heavy atom. The van der Waals surface area contributed by atoms with E-state index in [4.69, 9.17) is 9.63 Å². The lowest BCUT2D eigenvalue weighted by atomic mass is 10.2. The summed E-state index contributed by atoms with van der Waals surface area (Å²) in [5.41, 5.74) is 2.88. The largest absolute Gasteiger partial charge is 0.476 e. The zero-order valence-corrected chi connectivity index (χ0v) is 11.6. The van der Waals surface area contributed by atoms with Crippen LogP contribution < -0.4 is 0 Å². The first-order valence-electron chi connectivity index (χ1n) is 5.61. The molecular weight excluding hydrogens is 266 g/mol. The van der Waals surface area contributed by atoms with Gasteiger partial charge in [-0.05, 0) is 26.3 Å². The Kier molecular flexibility index (Phi) is 3.84. The monoisotopic (exact) mass is 279 g/mol. The zero-order valence-electron chi connectivity index (χ0n) is 10.8. The third-order valence-corrected chi connectivity index (χ3v) is 3.60. The summed E-state index contributed by atoms with van der Waals surface area (Å²) in [4.78, 5) is 19.4. The van der Waals surface area contributed by atoms with Crippen LogP contribution in [0.5, 0.6) is 0 Å². The summed E-state index contributed by atoms with van der Waals surface area (Å²) in [5, 5.41) is 12.8. The van der Waals surface area contributed by atoms with Gasteiger partial charge in [-0.15, -0.1) is 0 Å². The number of thioether (sulfide) groups is 1. The van der Waals surface area contributed by atoms with Crippen molar-refractivity contribution >= 4 is 17.7 Å². The second kappa shape index (κ2) is 5.40. The molecule has 2 heterocycles. The number of hydrogen-bond acceptors (Lipinski definition) is 6. The van der Waals surface area contributed by atoms with E-state index < -0.39 is 5.97 Å². The molecule has 0 saturated carbocycles. The van der Waals surface area contributed by atoms with Crippen molar-refractivity contribution in [1.82, 2.24) is 15.1 Å². The Morgan fingerprint density at radius 3 is 2.47 bits per heavy atom. The molecule has 0 radical (unpaired) electrons. The fraction of sp³-hybridized carbons (Fsp3) is 0.333. The van der Waals surface area contributed by atoms with Crippen LogP contribution in [-0.4, -0.2) is 26.2 Å². The quantitative estimate of drug-likeness (QED) is 0.678. The SMILES string of the molecule is Cc1nc(SCc2cc(C(=O)O)no2)nc(C)c1C. The van der Waals surface area contributed by atoms with Crippen LogP contribution in [0.4, 0.5) is 0 Å². The molecule has 0 aromatic carbocycles. The molecule has 0 amide bonds. The molecule has 0 spiro atoms. The number of aromatic carboxylic acids is 1. The molecule has 0 aliphatic heterocycles. The molecule has 0 unspecified atom stereocenters. The van der Waals surface area contributed by atoms with E-state index in [2.05, 4.69) is 15.1 Å². The highest BCUT2D eigenvalue weighted by Gasteiger charge is 2.12. The first kappa shape index (κ1) is 13.5. The second-order valence-corrected chi connectivity index (χ2v) is 5.02. The van der Waals surface area contributed by atoms with E-state index in [1.807, 2.05) is 20.8 Å². The Bertz CT molecular complexity index is 601. The maximum Gasteiger partial charge on any atom is 0.358 e. The van der Waals surface area contributed by atoms with E-state index in [0.29, 0.717) is 16.7 Å². The normalized spacial score (nSPS) is 10.7. The van der Waals surface area contributed by atoms with E-state index in [0.717, 1.165) is 17.0 Å². The van der Waals surface area contributed by atoms with Crippen molar-refractivity contribution in [1.29, 1.82) is 0 Å². The van der Waals surface area contributed by atoms with Gasteiger partial charge in [-0.2, -0.15) is 0 Å². The van der Waals surface area contributed by atoms with Gasteiger partial charge in [0.15, 0.2) is 10.9 Å². The van der Waals surface area contributed by atoms with Crippen LogP contribution in [0.1, 0.15) is 33.2 Å². The molecule has 0 saturated heterocycles. The predicted molar refractivity (Wildman–Crippen MR) is 69.3 cm³/mol. The maximum absolute atomic E-state index is 10.7. The van der Waals surface area contributed by atoms with Crippen molar-refractivity contribution in [3.63, 3.8) is 0 Å². The number of carbonyl (C=O) groups is 1. The van der Waals surface area contributed by atoms with Crippen LogP contribution in [0.15, 0.2) is 15.7 Å². The number of aromatic nitrogens is 3. The van der Waals surface area contributed by atoms with Crippen LogP contribution >= 0.6 is 11.8 Å². The standard InChI is InChI=1S/C12H13N3O3S/c1-6-7(2)13-12(14-8(6)3)19-5-9-4-10(11(16)17)15-18-9/h4H,5H2,1-3H3,(H,16,17). The van der Waals surface area contributed by atoms with Crippen molar-refractivity contribution in [3.05, 3.63) is 34.5 Å². The Labute approximate surface area is 114 Å². The topological polar surface area (TPSA) is 89.1 Å². The van der Waals surface area contributed by atoms with Crippen LogP contribution in [0, 0.1) is 20.8 Å². The van der Waals surface area contributed by atoms with Gasteiger partial charge in [0.25, 0.3) is 0 Å². The van der Waals surface area contributed by atoms with Crippen LogP contribution in [0.25, 0.3) is 0 Å². The Morgan fingerprint density at radius 2 is 1.95 bits per heavy atom. The van der Waals surface area contributed by atoms with Gasteiger partial charge < -0.3 is 9.63 Å². The van der Waals surface area contributed by atoms with E-state index in [1.165, 1.54) is 17.8 Å². The summed E-state index contributed by atoms with van der Waals surface area (Å²) in [5.74, 6) is -0.164. The van der Waals surface area contributed by atoms with E-state index in [1.54, 1.807) is 0 Å². The van der Waals surface area contributed by atoms with Gasteiger partial charge in [-0.3, -0.25) is 0 Å². The van der Waals surface area contributed by atoms with Gasteiger partial charge in [0, 0.05) is 17.5 Å². The minimum Gasteiger partial charge on any atom is -0.476 e. The minimum absolute atomic E-state index is 0.0900. The first-order chi connectivity index (χ1) is 8.97. The van der Waals surface area contributed by atoms with Gasteiger partial charge in [0.2, 0.25) is 0 Å². The maximum atomic E-state index is 10.7. The summed E-state index contributed by atoms with van der Waals surface area (Å²) in [6.07, 6.45) is 0. The highest BCUT2D eigenvalue weighted by Crippen LogP contribution is 2.21. The van der Waals surface area contributed by atoms with E-state index in [-0.39, 0.29) is 5.69 Å². The molecule has 0 atom stereocenters. The lowest BCUT2D eigenvalue weighted by Crippen LogP contribution is -1.98. The molecule has 0 bridgehead atoms. The van der Waals surface area contributed by atoms with Crippen LogP contribution in [0.2, 0.25) is 0 Å². The molecule has 2 aromatic heterocycles. The predicted octanol–water partition coefficient (Wildman–Crippen LogP) is 2.38. The van der Waals surface area contributed by atoms with Crippen LogP contribution in [-0.2, 0) is 5.75 Å². The molecule has 0 fully saturated rings. The zero-order chi connectivity index (χ0) is 14.0. The number of hydrogen-bond donors (Lipinski definition) is 1. The van der Waals surface area contributed by atoms with E-state index >= 15 is 0 Å². The van der Waals surface area contributed by atoms with E-state index in [9.17, 15) is 4.79 Å². The van der Waals surface area contributed by atoms with Crippen molar-refractivity contribution in [2.45, 2.75) is 31.7 Å². The third kappa shape index (κ3) is 3.11. The number of nitrogens with zero attached hydrogens (tertiary/aromatic N) is 3. The van der Waals surface area contributed by atoms with Gasteiger partial charge >= 0.3 is 5.97 Å². The van der Waals surface area contributed by atoms with Crippen molar-refractivity contribution < 1.29 is 14.4 Å². The molecule has 6 nitrogen and oxygen atoms in total. The van der Waals surface area contributed by atoms with Crippen molar-refractivity contribution in [2.75, 3.05) is 0 Å². The summed E-state index contributed by atoms with van der Waals surface area (Å²) >= 11 is 1.39. The highest BCUT2D eigenvalue weighted by atomic mass is 32.2. The second-order valence-electron chi connectivity index (χ2n) is 4.07. The smallest absolute Gasteiger partial charge is 0.358 e. The summed E-state index contributed by atoms with van der Waals surface area (Å²) < 4.78 is 4.92. The van der Waals surface area contributed by atoms with Gasteiger partial charge in [0.1, 0.15) is 5.76 Å². The number of rotatable bonds is 4. The lowest BCUT2D eigenvalue weighted by Gasteiger charge is -2.05. The summed E-state index contributed by atoms with van der Waals surface area (Å²) in [6.45, 7) is 5.85. The van der Waals surface area contributed by atoms with Gasteiger partial charge in [-0.1, -0.05) is 16.9 Å².